The van der Waals surface area contributed by atoms with Crippen LogP contribution in [0.2, 0.25) is 0 Å². The average molecular weight is 2640 g/mol. The van der Waals surface area contributed by atoms with E-state index in [0.717, 1.165) is 49.5 Å². The van der Waals surface area contributed by atoms with Crippen molar-refractivity contribution in [2.45, 2.75) is 155 Å². The van der Waals surface area contributed by atoms with Crippen molar-refractivity contribution in [1.82, 2.24) is 73.0 Å². The summed E-state index contributed by atoms with van der Waals surface area (Å²) < 4.78 is 14.2. The molecule has 119 heavy (non-hydrogen) atoms. The number of alkyl halides is 1. The van der Waals surface area contributed by atoms with Gasteiger partial charge in [-0.25, -0.2) is 48.0 Å². The quantitative estimate of drug-likeness (QED) is 0.0129. The van der Waals surface area contributed by atoms with Crippen molar-refractivity contribution in [3.05, 3.63) is 229 Å². The van der Waals surface area contributed by atoms with E-state index >= 15 is 0 Å². The number of carbonyl (C=O) groups excluding carboxylic acids is 2. The molecule has 0 spiro atoms. The molecule has 0 amide bonds. The van der Waals surface area contributed by atoms with Gasteiger partial charge in [-0.1, -0.05) is 167 Å². The van der Waals surface area contributed by atoms with Gasteiger partial charge in [0.2, 0.25) is 0 Å². The molecule has 36 heteroatoms. The fraction of sp³-hybridized carbons (Fsp3) is 0.349. The molecule has 0 radical (unpaired) electrons. The van der Waals surface area contributed by atoms with Gasteiger partial charge in [0.15, 0.2) is 22.2 Å². The molecule has 7 heterocycles. The van der Waals surface area contributed by atoms with E-state index in [1.165, 1.54) is 72.6 Å². The maximum absolute atomic E-state index is 12.0. The van der Waals surface area contributed by atoms with E-state index in [0.29, 0.717) is 52.4 Å². The number of hydrogen-bond acceptors (Lipinski definition) is 14. The van der Waals surface area contributed by atoms with Crippen LogP contribution in [0, 0.1) is 99.3 Å². The average Bonchev–Trinajstić information content (AvgIpc) is 1.65. The zero-order valence-electron chi connectivity index (χ0n) is 69.7. The second kappa shape index (κ2) is 68.5. The van der Waals surface area contributed by atoms with Crippen molar-refractivity contribution in [2.24, 2.45) is 27.0 Å². The number of nitrogens with one attached hydrogen (secondary N) is 4. The molecule has 11 aromatic rings. The van der Waals surface area contributed by atoms with Gasteiger partial charge < -0.3 is 44.6 Å². The molecule has 4 aromatic carbocycles. The first-order valence-electron chi connectivity index (χ1n) is 36.0. The predicted molar refractivity (Wildman–Crippen MR) is 554 cm³/mol. The Morgan fingerprint density at radius 2 is 0.807 bits per heavy atom. The molecule has 7 aromatic heterocycles. The van der Waals surface area contributed by atoms with Gasteiger partial charge in [-0.2, -0.15) is 0 Å². The molecule has 0 bridgehead atoms. The SMILES string of the molecule is C#C.C#CI.CCCN(C)N.CCCn1c(=O)c2nc(C)[nH]c2c(=O)n1C.CCCn1c(=O)c2nc(C)[nH]c2c(=O)n1C.CCCn1c(=O)c2nc(C)[nH]c2c(=O)n1C.CCc1ccc(-c2ccccc2C)cc1.CCc1ccc(-c2ccccc2C)cc1.Cc1nc(C(=O)Cl)c(C(=O)Cl)[nH]1.IC#CCI.[C-]#CC.[C-]#CC.[I][V]([I])[I].[I][V][I]. The Bertz CT molecular complexity index is 5080. The Hall–Kier alpha value is -4.81. The third kappa shape index (κ3) is 43.6. The summed E-state index contributed by atoms with van der Waals surface area (Å²) in [5.74, 6) is 14.2. The normalized spacial score (nSPS) is 9.46. The molecule has 0 fully saturated rings. The Morgan fingerprint density at radius 3 is 1.00 bits per heavy atom. The molecule has 11 rings (SSSR count). The number of hydrazine groups is 1. The second-order valence-electron chi connectivity index (χ2n) is 24.0. The number of hydrogen-bond donors (Lipinski definition) is 5. The second-order valence-corrected chi connectivity index (χ2v) is 73.8. The summed E-state index contributed by atoms with van der Waals surface area (Å²) in [6.07, 6.45) is 30.2. The molecule has 0 unspecified atom stereocenters. The van der Waals surface area contributed by atoms with Crippen LogP contribution in [0.4, 0.5) is 0 Å². The summed E-state index contributed by atoms with van der Waals surface area (Å²) >= 11 is 28.4. The van der Waals surface area contributed by atoms with Crippen molar-refractivity contribution >= 4 is 234 Å². The molecule has 643 valence electrons. The van der Waals surface area contributed by atoms with Gasteiger partial charge in [0, 0.05) is 99.6 Å². The third-order valence-electron chi connectivity index (χ3n) is 15.2. The van der Waals surface area contributed by atoms with Gasteiger partial charge in [-0.3, -0.25) is 49.2 Å². The van der Waals surface area contributed by atoms with Crippen molar-refractivity contribution in [2.75, 3.05) is 18.0 Å². The standard InChI is InChI=1S/2C15H16.3C10H14N4O2.C6H4Cl2N2O2.C4H12N2.C3H2I2.2C3H3.C2HI.C2H2.5HI.2V/c2*1-3-13-8-10-14(11-9-13)15-7-5-4-6-12(15)2;3*1-4-5-14-10(16)8-7(9(15)13(14)3)11-6(2)12-8;1-2-9-3(5(7)11)4(10-2)6(8)12;1-3-4-6(2)5;4-2-1-3-5;2*1-3-2;1-2-3;1-2;;;;;;;/h2*4-11H,3H2,1-2H3;3*4-5H2,1-3H3,(H,11,12);1H3,(H,9,10);3-5H2,1-2H3;2H2;2*1H3;1H;1-2H;5*1H;;/q;;;;;;;;2*-1;;;;;;;;+2;+3/p-5. The molecule has 0 saturated carbocycles. The first-order chi connectivity index (χ1) is 56.4. The number of rotatable bonds is 14. The number of terminal acetylenes is 2. The van der Waals surface area contributed by atoms with E-state index in [9.17, 15) is 38.4 Å². The van der Waals surface area contributed by atoms with E-state index < -0.39 is 10.5 Å². The zero-order valence-corrected chi connectivity index (χ0v) is 91.2. The van der Waals surface area contributed by atoms with E-state index in [-0.39, 0.29) is 82.8 Å². The summed E-state index contributed by atoms with van der Waals surface area (Å²) in [5.41, 5.74) is 10.8. The molecule has 0 aliphatic rings. The van der Waals surface area contributed by atoms with E-state index in [4.69, 9.17) is 41.9 Å². The molecule has 24 nitrogen and oxygen atoms in total. The van der Waals surface area contributed by atoms with Crippen LogP contribution in [0.3, 0.4) is 0 Å². The number of benzene rings is 4. The van der Waals surface area contributed by atoms with Gasteiger partial charge >= 0.3 is 114 Å². The van der Waals surface area contributed by atoms with Crippen LogP contribution >= 0.6 is 191 Å². The number of imidazole rings is 4. The number of H-pyrrole nitrogens is 4. The number of carbonyl (C=O) groups is 2. The molecule has 0 saturated heterocycles. The summed E-state index contributed by atoms with van der Waals surface area (Å²) in [6.45, 7) is 29.0. The van der Waals surface area contributed by atoms with Crippen molar-refractivity contribution < 1.29 is 24.0 Å². The first-order valence-corrected chi connectivity index (χ1v) is 63.0. The van der Waals surface area contributed by atoms with Crippen LogP contribution < -0.4 is 39.2 Å². The third-order valence-corrected chi connectivity index (χ3v) is 16.4. The molecule has 6 N–H and O–H groups in total. The van der Waals surface area contributed by atoms with Crippen LogP contribution in [0.25, 0.3) is 55.4 Å². The maximum atomic E-state index is 12.0. The number of nitrogens with two attached hydrogens (primary N) is 1. The van der Waals surface area contributed by atoms with Gasteiger partial charge in [0.05, 0.1) is 4.43 Å². The minimum atomic E-state index is -0.802. The number of aromatic nitrogens is 14. The van der Waals surface area contributed by atoms with E-state index in [2.05, 4.69) is 327 Å². The number of fused-ring (bicyclic) bond motifs is 3. The van der Waals surface area contributed by atoms with E-state index in [1.807, 2.05) is 84.8 Å². The van der Waals surface area contributed by atoms with Gasteiger partial charge in [-0.05, 0) is 169 Å². The van der Waals surface area contributed by atoms with Gasteiger partial charge in [0.25, 0.3) is 43.8 Å². The Labute approximate surface area is 816 Å². The van der Waals surface area contributed by atoms with E-state index in [1.54, 1.807) is 67.7 Å². The van der Waals surface area contributed by atoms with Crippen molar-refractivity contribution in [1.29, 1.82) is 0 Å². The van der Waals surface area contributed by atoms with Crippen LogP contribution in [0.15, 0.2) is 126 Å². The fourth-order valence-electron chi connectivity index (χ4n) is 10.2. The summed E-state index contributed by atoms with van der Waals surface area (Å²) in [6, 6.07) is 34.7. The number of aromatic amines is 4. The van der Waals surface area contributed by atoms with Crippen LogP contribution in [0.1, 0.15) is 148 Å². The molecule has 0 aliphatic heterocycles. The fourth-order valence-corrected chi connectivity index (χ4v) is 11.6. The predicted octanol–water partition coefficient (Wildman–Crippen LogP) is 19.2. The van der Waals surface area contributed by atoms with Gasteiger partial charge in [0.1, 0.15) is 45.5 Å². The minimum absolute atomic E-state index is 0.0610. The Balaban J connectivity index is -0.00000127. The Morgan fingerprint density at radius 1 is 0.529 bits per heavy atom. The summed E-state index contributed by atoms with van der Waals surface area (Å²) in [5, 5.41) is 0.1000. The molecule has 0 atom stereocenters. The molecular weight excluding hydrogens is 2540 g/mol. The van der Waals surface area contributed by atoms with Crippen LogP contribution in [-0.2, 0) is 68.0 Å². The molecular formula is C83H101Cl2I8N16O8V2-2. The number of nitrogens with zero attached hydrogens (tertiary/aromatic N) is 11. The summed E-state index contributed by atoms with van der Waals surface area (Å²) in [4.78, 5) is 120. The molecule has 0 aliphatic carbocycles. The topological polar surface area (TPSA) is 310 Å². The number of halogens is 10. The zero-order chi connectivity index (χ0) is 91.8. The summed E-state index contributed by atoms with van der Waals surface area (Å²) in [7, 11) is 7.27. The Kier molecular flexibility index (Phi) is 68.1. The van der Waals surface area contributed by atoms with Crippen molar-refractivity contribution in [3.63, 3.8) is 0 Å². The van der Waals surface area contributed by atoms with Crippen molar-refractivity contribution in [3.8, 4) is 67.1 Å². The van der Waals surface area contributed by atoms with Gasteiger partial charge in [-0.15, -0.1) is 19.3 Å². The monoisotopic (exact) mass is 2640 g/mol. The van der Waals surface area contributed by atoms with Crippen LogP contribution in [0.5, 0.6) is 0 Å². The number of aryl methyl sites for hydroxylation is 8. The van der Waals surface area contributed by atoms with Crippen LogP contribution in [-0.4, -0.2) is 101 Å². The first kappa shape index (κ1) is 118.